The van der Waals surface area contributed by atoms with Gasteiger partial charge in [-0.15, -0.1) is 0 Å². The van der Waals surface area contributed by atoms with Crippen LogP contribution in [0.3, 0.4) is 0 Å². The van der Waals surface area contributed by atoms with Crippen LogP contribution in [-0.2, 0) is 6.42 Å². The van der Waals surface area contributed by atoms with Gasteiger partial charge in [0.05, 0.1) is 0 Å². The Morgan fingerprint density at radius 2 is 1.95 bits per heavy atom. The summed E-state index contributed by atoms with van der Waals surface area (Å²) in [5.74, 6) is 1.24. The van der Waals surface area contributed by atoms with Gasteiger partial charge in [-0.1, -0.05) is 19.1 Å². The minimum atomic E-state index is -0.198. The molecule has 0 aliphatic heterocycles. The third-order valence-electron chi connectivity index (χ3n) is 3.00. The third kappa shape index (κ3) is 5.02. The van der Waals surface area contributed by atoms with E-state index in [1.54, 1.807) is 12.1 Å². The molecule has 0 spiro atoms. The van der Waals surface area contributed by atoms with E-state index in [0.29, 0.717) is 12.5 Å². The van der Waals surface area contributed by atoms with Crippen LogP contribution in [0.5, 0.6) is 0 Å². The molecule has 1 aromatic carbocycles. The van der Waals surface area contributed by atoms with Crippen LogP contribution in [0.25, 0.3) is 0 Å². The Kier molecular flexibility index (Phi) is 5.49. The molecule has 1 aromatic heterocycles. The molecule has 0 saturated carbocycles. The zero-order valence-electron chi connectivity index (χ0n) is 12.5. The highest BCUT2D eigenvalue weighted by atomic mass is 19.1. The summed E-state index contributed by atoms with van der Waals surface area (Å²) in [6.45, 7) is 5.59. The quantitative estimate of drug-likeness (QED) is 0.820. The van der Waals surface area contributed by atoms with E-state index in [1.807, 2.05) is 19.1 Å². The second-order valence-corrected chi connectivity index (χ2v) is 4.95. The van der Waals surface area contributed by atoms with Gasteiger partial charge in [0.2, 0.25) is 5.95 Å². The summed E-state index contributed by atoms with van der Waals surface area (Å²) < 4.78 is 13.1. The molecule has 0 aliphatic rings. The normalized spacial score (nSPS) is 10.4. The summed E-state index contributed by atoms with van der Waals surface area (Å²) in [5, 5.41) is 6.44. The first-order valence-corrected chi connectivity index (χ1v) is 7.25. The van der Waals surface area contributed by atoms with Crippen LogP contribution in [0.2, 0.25) is 0 Å². The van der Waals surface area contributed by atoms with Gasteiger partial charge in [0.25, 0.3) is 0 Å². The molecule has 5 heteroatoms. The Hall–Kier alpha value is -2.17. The second-order valence-electron chi connectivity index (χ2n) is 4.95. The van der Waals surface area contributed by atoms with Gasteiger partial charge in [0.1, 0.15) is 11.6 Å². The highest BCUT2D eigenvalue weighted by molar-refractivity contribution is 5.42. The van der Waals surface area contributed by atoms with Crippen molar-refractivity contribution in [3.8, 4) is 0 Å². The Morgan fingerprint density at radius 3 is 2.71 bits per heavy atom. The van der Waals surface area contributed by atoms with Crippen molar-refractivity contribution in [1.29, 1.82) is 0 Å². The van der Waals surface area contributed by atoms with Crippen molar-refractivity contribution in [2.24, 2.45) is 0 Å². The van der Waals surface area contributed by atoms with Crippen molar-refractivity contribution >= 4 is 11.8 Å². The number of aromatic nitrogens is 2. The lowest BCUT2D eigenvalue weighted by Gasteiger charge is -2.09. The predicted molar refractivity (Wildman–Crippen MR) is 84.1 cm³/mol. The predicted octanol–water partition coefficient (Wildman–Crippen LogP) is 3.40. The van der Waals surface area contributed by atoms with E-state index in [0.717, 1.165) is 36.5 Å². The molecule has 1 heterocycles. The largest absolute Gasteiger partial charge is 0.370 e. The number of hydrogen-bond donors (Lipinski definition) is 2. The van der Waals surface area contributed by atoms with Crippen molar-refractivity contribution in [1.82, 2.24) is 9.97 Å². The van der Waals surface area contributed by atoms with E-state index >= 15 is 0 Å². The maximum absolute atomic E-state index is 13.1. The maximum Gasteiger partial charge on any atom is 0.224 e. The van der Waals surface area contributed by atoms with Crippen LogP contribution in [0.1, 0.15) is 24.6 Å². The van der Waals surface area contributed by atoms with Crippen molar-refractivity contribution in [3.63, 3.8) is 0 Å². The zero-order valence-corrected chi connectivity index (χ0v) is 12.5. The molecule has 2 N–H and O–H groups in total. The molecule has 112 valence electrons. The molecule has 0 bridgehead atoms. The van der Waals surface area contributed by atoms with E-state index in [2.05, 4.69) is 27.5 Å². The average Bonchev–Trinajstić information content (AvgIpc) is 2.45. The molecule has 4 nitrogen and oxygen atoms in total. The Bertz CT molecular complexity index is 586. The number of halogens is 1. The highest BCUT2D eigenvalue weighted by Gasteiger charge is 2.02. The van der Waals surface area contributed by atoms with Crippen LogP contribution >= 0.6 is 0 Å². The monoisotopic (exact) mass is 288 g/mol. The number of aryl methyl sites for hydroxylation is 1. The van der Waals surface area contributed by atoms with Gasteiger partial charge >= 0.3 is 0 Å². The number of rotatable bonds is 7. The second kappa shape index (κ2) is 7.57. The lowest BCUT2D eigenvalue weighted by atomic mass is 10.1. The summed E-state index contributed by atoms with van der Waals surface area (Å²) in [4.78, 5) is 8.75. The van der Waals surface area contributed by atoms with Gasteiger partial charge in [0, 0.05) is 24.8 Å². The number of hydrogen-bond acceptors (Lipinski definition) is 4. The molecular weight excluding hydrogens is 267 g/mol. The first-order chi connectivity index (χ1) is 10.2. The van der Waals surface area contributed by atoms with Gasteiger partial charge in [-0.25, -0.2) is 9.37 Å². The van der Waals surface area contributed by atoms with Crippen molar-refractivity contribution in [3.05, 3.63) is 47.4 Å². The fraction of sp³-hybridized carbons (Fsp3) is 0.375. The third-order valence-corrected chi connectivity index (χ3v) is 3.00. The average molecular weight is 288 g/mol. The van der Waals surface area contributed by atoms with Crippen LogP contribution in [0.15, 0.2) is 30.3 Å². The SMILES string of the molecule is CCCNc1nc(C)cc(NCCc2cccc(F)c2)n1. The molecule has 0 amide bonds. The summed E-state index contributed by atoms with van der Waals surface area (Å²) >= 11 is 0. The van der Waals surface area contributed by atoms with Crippen molar-refractivity contribution in [2.45, 2.75) is 26.7 Å². The van der Waals surface area contributed by atoms with Crippen molar-refractivity contribution < 1.29 is 4.39 Å². The van der Waals surface area contributed by atoms with Gasteiger partial charge in [-0.3, -0.25) is 0 Å². The Balaban J connectivity index is 1.91. The summed E-state index contributed by atoms with van der Waals surface area (Å²) in [6, 6.07) is 8.57. The summed E-state index contributed by atoms with van der Waals surface area (Å²) in [6.07, 6.45) is 1.78. The van der Waals surface area contributed by atoms with Gasteiger partial charge < -0.3 is 10.6 Å². The van der Waals surface area contributed by atoms with E-state index < -0.39 is 0 Å². The van der Waals surface area contributed by atoms with Gasteiger partial charge in [-0.2, -0.15) is 4.98 Å². The smallest absolute Gasteiger partial charge is 0.224 e. The zero-order chi connectivity index (χ0) is 15.1. The molecule has 2 aromatic rings. The summed E-state index contributed by atoms with van der Waals surface area (Å²) in [7, 11) is 0. The molecular formula is C16H21FN4. The molecule has 0 unspecified atom stereocenters. The molecule has 21 heavy (non-hydrogen) atoms. The van der Waals surface area contributed by atoms with Crippen LogP contribution in [0, 0.1) is 12.7 Å². The molecule has 0 aliphatic carbocycles. The van der Waals surface area contributed by atoms with Crippen LogP contribution < -0.4 is 10.6 Å². The number of nitrogens with one attached hydrogen (secondary N) is 2. The fourth-order valence-corrected chi connectivity index (χ4v) is 2.00. The van der Waals surface area contributed by atoms with Gasteiger partial charge in [0.15, 0.2) is 0 Å². The Morgan fingerprint density at radius 1 is 1.10 bits per heavy atom. The van der Waals surface area contributed by atoms with Crippen LogP contribution in [0.4, 0.5) is 16.2 Å². The molecule has 0 radical (unpaired) electrons. The topological polar surface area (TPSA) is 49.8 Å². The highest BCUT2D eigenvalue weighted by Crippen LogP contribution is 2.10. The molecule has 0 atom stereocenters. The molecule has 2 rings (SSSR count). The molecule has 0 fully saturated rings. The van der Waals surface area contributed by atoms with E-state index in [1.165, 1.54) is 6.07 Å². The molecule has 0 saturated heterocycles. The fourth-order valence-electron chi connectivity index (χ4n) is 2.00. The van der Waals surface area contributed by atoms with E-state index in [-0.39, 0.29) is 5.82 Å². The number of nitrogens with zero attached hydrogens (tertiary/aromatic N) is 2. The van der Waals surface area contributed by atoms with E-state index in [4.69, 9.17) is 0 Å². The lowest BCUT2D eigenvalue weighted by Crippen LogP contribution is -2.10. The first kappa shape index (κ1) is 15.2. The first-order valence-electron chi connectivity index (χ1n) is 7.25. The standard InChI is InChI=1S/C16H21FN4/c1-3-8-19-16-20-12(2)10-15(21-16)18-9-7-13-5-4-6-14(17)11-13/h4-6,10-11H,3,7-9H2,1-2H3,(H2,18,19,20,21). The Labute approximate surface area is 124 Å². The number of benzene rings is 1. The van der Waals surface area contributed by atoms with Crippen LogP contribution in [-0.4, -0.2) is 23.1 Å². The summed E-state index contributed by atoms with van der Waals surface area (Å²) in [5.41, 5.74) is 1.88. The minimum Gasteiger partial charge on any atom is -0.370 e. The van der Waals surface area contributed by atoms with Gasteiger partial charge in [-0.05, 0) is 37.5 Å². The minimum absolute atomic E-state index is 0.198. The number of anilines is 2. The van der Waals surface area contributed by atoms with E-state index in [9.17, 15) is 4.39 Å². The maximum atomic E-state index is 13.1. The lowest BCUT2D eigenvalue weighted by molar-refractivity contribution is 0.625. The van der Waals surface area contributed by atoms with Crippen molar-refractivity contribution in [2.75, 3.05) is 23.7 Å².